The first-order valence-electron chi connectivity index (χ1n) is 5.88. The summed E-state index contributed by atoms with van der Waals surface area (Å²) in [7, 11) is 0. The summed E-state index contributed by atoms with van der Waals surface area (Å²) in [5.74, 6) is 0. The Bertz CT molecular complexity index is 587. The molecule has 0 saturated heterocycles. The lowest BCUT2D eigenvalue weighted by Gasteiger charge is -2.07. The second-order valence-electron chi connectivity index (χ2n) is 4.07. The highest BCUT2D eigenvalue weighted by Gasteiger charge is 2.11. The number of hydrogen-bond acceptors (Lipinski definition) is 3. The quantitative estimate of drug-likeness (QED) is 0.496. The number of nitro benzene ring substituents is 1. The first-order valence-corrected chi connectivity index (χ1v) is 6.96. The molecule has 1 N–H and O–H groups in total. The number of para-hydroxylation sites is 1. The number of nitro groups is 1. The Balaban J connectivity index is 1.98. The van der Waals surface area contributed by atoms with Crippen LogP contribution in [0.25, 0.3) is 0 Å². The molecule has 0 spiro atoms. The molecule has 2 aromatic rings. The summed E-state index contributed by atoms with van der Waals surface area (Å²) < 4.78 is 1.16. The van der Waals surface area contributed by atoms with Crippen LogP contribution in [0.2, 0.25) is 0 Å². The molecule has 0 aliphatic heterocycles. The zero-order valence-electron chi connectivity index (χ0n) is 10.2. The second-order valence-corrected chi connectivity index (χ2v) is 5.32. The lowest BCUT2D eigenvalue weighted by molar-refractivity contribution is -0.385. The minimum atomic E-state index is -0.333. The molecular weight excluding hydrogens is 355 g/mol. The van der Waals surface area contributed by atoms with Crippen LogP contribution in [0.4, 0.5) is 11.4 Å². The molecule has 19 heavy (non-hydrogen) atoms. The molecule has 98 valence electrons. The molecule has 0 radical (unpaired) electrons. The summed E-state index contributed by atoms with van der Waals surface area (Å²) in [5, 5.41) is 14.2. The van der Waals surface area contributed by atoms with E-state index in [-0.39, 0.29) is 10.6 Å². The van der Waals surface area contributed by atoms with Gasteiger partial charge < -0.3 is 5.32 Å². The summed E-state index contributed by atoms with van der Waals surface area (Å²) in [4.78, 5) is 10.6. The molecule has 0 heterocycles. The lowest BCUT2D eigenvalue weighted by Crippen LogP contribution is -2.06. The van der Waals surface area contributed by atoms with E-state index in [0.29, 0.717) is 13.0 Å². The van der Waals surface area contributed by atoms with Crippen LogP contribution in [-0.2, 0) is 6.42 Å². The topological polar surface area (TPSA) is 55.2 Å². The van der Waals surface area contributed by atoms with E-state index in [9.17, 15) is 10.1 Å². The number of halogens is 1. The van der Waals surface area contributed by atoms with Crippen molar-refractivity contribution in [2.75, 3.05) is 11.9 Å². The summed E-state index contributed by atoms with van der Waals surface area (Å²) in [6, 6.07) is 14.9. The predicted molar refractivity (Wildman–Crippen MR) is 84.4 cm³/mol. The molecule has 0 fully saturated rings. The van der Waals surface area contributed by atoms with Gasteiger partial charge in [0, 0.05) is 27.4 Å². The van der Waals surface area contributed by atoms with Gasteiger partial charge in [-0.25, -0.2) is 0 Å². The fourth-order valence-corrected chi connectivity index (χ4v) is 2.38. The van der Waals surface area contributed by atoms with Gasteiger partial charge in [0.1, 0.15) is 0 Å². The van der Waals surface area contributed by atoms with Gasteiger partial charge in [0.2, 0.25) is 0 Å². The fourth-order valence-electron chi connectivity index (χ4n) is 1.84. The third-order valence-electron chi connectivity index (χ3n) is 2.74. The van der Waals surface area contributed by atoms with Crippen LogP contribution in [0.3, 0.4) is 0 Å². The standard InChI is InChI=1S/C14H13IN2O2/c15-12-5-3-6-13(10-12)16-9-8-11-4-1-2-7-14(11)17(18)19/h1-7,10,16H,8-9H2. The number of nitrogens with one attached hydrogen (secondary N) is 1. The van der Waals surface area contributed by atoms with Gasteiger partial charge in [-0.15, -0.1) is 0 Å². The van der Waals surface area contributed by atoms with Gasteiger partial charge in [-0.05, 0) is 47.2 Å². The van der Waals surface area contributed by atoms with Gasteiger partial charge >= 0.3 is 0 Å². The van der Waals surface area contributed by atoms with Gasteiger partial charge in [0.25, 0.3) is 5.69 Å². The highest BCUT2D eigenvalue weighted by molar-refractivity contribution is 14.1. The molecular formula is C14H13IN2O2. The molecule has 2 aromatic carbocycles. The number of benzene rings is 2. The lowest BCUT2D eigenvalue weighted by atomic mass is 10.1. The molecule has 0 bridgehead atoms. The molecule has 0 amide bonds. The van der Waals surface area contributed by atoms with E-state index in [1.807, 2.05) is 30.3 Å². The maximum absolute atomic E-state index is 10.9. The molecule has 0 saturated carbocycles. The maximum atomic E-state index is 10.9. The van der Waals surface area contributed by atoms with Crippen LogP contribution in [0.15, 0.2) is 48.5 Å². The van der Waals surface area contributed by atoms with Gasteiger partial charge in [-0.3, -0.25) is 10.1 Å². The van der Waals surface area contributed by atoms with Crippen molar-refractivity contribution >= 4 is 34.0 Å². The number of hydrogen-bond donors (Lipinski definition) is 1. The zero-order valence-corrected chi connectivity index (χ0v) is 12.3. The molecule has 0 unspecified atom stereocenters. The Morgan fingerprint density at radius 1 is 1.16 bits per heavy atom. The Kier molecular flexibility index (Phi) is 4.73. The van der Waals surface area contributed by atoms with Crippen molar-refractivity contribution in [2.45, 2.75) is 6.42 Å². The van der Waals surface area contributed by atoms with Crippen molar-refractivity contribution in [3.05, 3.63) is 67.8 Å². The van der Waals surface area contributed by atoms with Gasteiger partial charge in [0.15, 0.2) is 0 Å². The van der Waals surface area contributed by atoms with Crippen LogP contribution in [0.5, 0.6) is 0 Å². The van der Waals surface area contributed by atoms with Crippen molar-refractivity contribution in [2.24, 2.45) is 0 Å². The van der Waals surface area contributed by atoms with Crippen LogP contribution < -0.4 is 5.32 Å². The van der Waals surface area contributed by atoms with Crippen molar-refractivity contribution in [3.63, 3.8) is 0 Å². The van der Waals surface area contributed by atoms with Crippen molar-refractivity contribution in [1.29, 1.82) is 0 Å². The smallest absolute Gasteiger partial charge is 0.272 e. The van der Waals surface area contributed by atoms with E-state index in [4.69, 9.17) is 0 Å². The average molecular weight is 368 g/mol. The molecule has 4 nitrogen and oxygen atoms in total. The molecule has 0 atom stereocenters. The monoisotopic (exact) mass is 368 g/mol. The third kappa shape index (κ3) is 3.92. The van der Waals surface area contributed by atoms with Crippen LogP contribution >= 0.6 is 22.6 Å². The van der Waals surface area contributed by atoms with Gasteiger partial charge in [-0.1, -0.05) is 24.3 Å². The second kappa shape index (κ2) is 6.51. The van der Waals surface area contributed by atoms with E-state index in [1.54, 1.807) is 18.2 Å². The Labute approximate surface area is 125 Å². The number of anilines is 1. The minimum Gasteiger partial charge on any atom is -0.385 e. The first-order chi connectivity index (χ1) is 9.16. The molecule has 0 aromatic heterocycles. The van der Waals surface area contributed by atoms with Gasteiger partial charge in [-0.2, -0.15) is 0 Å². The fraction of sp³-hybridized carbons (Fsp3) is 0.143. The third-order valence-corrected chi connectivity index (χ3v) is 3.41. The van der Waals surface area contributed by atoms with E-state index >= 15 is 0 Å². The Morgan fingerprint density at radius 2 is 1.95 bits per heavy atom. The molecule has 2 rings (SSSR count). The van der Waals surface area contributed by atoms with Crippen LogP contribution in [0, 0.1) is 13.7 Å². The summed E-state index contributed by atoms with van der Waals surface area (Å²) in [6.07, 6.45) is 0.628. The number of nitrogens with zero attached hydrogens (tertiary/aromatic N) is 1. The summed E-state index contributed by atoms with van der Waals surface area (Å²) in [5.41, 5.74) is 1.98. The highest BCUT2D eigenvalue weighted by atomic mass is 127. The molecule has 0 aliphatic rings. The number of rotatable bonds is 5. The normalized spacial score (nSPS) is 10.2. The Morgan fingerprint density at radius 3 is 2.68 bits per heavy atom. The predicted octanol–water partition coefficient (Wildman–Crippen LogP) is 3.85. The maximum Gasteiger partial charge on any atom is 0.272 e. The summed E-state index contributed by atoms with van der Waals surface area (Å²) in [6.45, 7) is 0.672. The first kappa shape index (κ1) is 13.8. The van der Waals surface area contributed by atoms with Crippen molar-refractivity contribution in [1.82, 2.24) is 0 Å². The van der Waals surface area contributed by atoms with E-state index < -0.39 is 0 Å². The highest BCUT2D eigenvalue weighted by Crippen LogP contribution is 2.18. The van der Waals surface area contributed by atoms with Crippen molar-refractivity contribution in [3.8, 4) is 0 Å². The SMILES string of the molecule is O=[N+]([O-])c1ccccc1CCNc1cccc(I)c1. The Hall–Kier alpha value is -1.63. The van der Waals surface area contributed by atoms with Gasteiger partial charge in [0.05, 0.1) is 4.92 Å². The molecule has 0 aliphatic carbocycles. The summed E-state index contributed by atoms with van der Waals surface area (Å²) >= 11 is 2.25. The average Bonchev–Trinajstić information content (AvgIpc) is 2.39. The zero-order chi connectivity index (χ0) is 13.7. The molecule has 5 heteroatoms. The van der Waals surface area contributed by atoms with E-state index in [1.165, 1.54) is 0 Å². The van der Waals surface area contributed by atoms with Crippen molar-refractivity contribution < 1.29 is 4.92 Å². The van der Waals surface area contributed by atoms with E-state index in [2.05, 4.69) is 27.9 Å². The van der Waals surface area contributed by atoms with Crippen LogP contribution in [-0.4, -0.2) is 11.5 Å². The van der Waals surface area contributed by atoms with Crippen LogP contribution in [0.1, 0.15) is 5.56 Å². The largest absolute Gasteiger partial charge is 0.385 e. The van der Waals surface area contributed by atoms with E-state index in [0.717, 1.165) is 14.8 Å². The minimum absolute atomic E-state index is 0.187.